The van der Waals surface area contributed by atoms with Gasteiger partial charge in [-0.15, -0.1) is 0 Å². The Morgan fingerprint density at radius 3 is 1.16 bits per heavy atom. The van der Waals surface area contributed by atoms with E-state index in [1.165, 1.54) is 43.3 Å². The molecule has 0 amide bonds. The van der Waals surface area contributed by atoms with Gasteiger partial charge in [0.2, 0.25) is 11.6 Å². The van der Waals surface area contributed by atoms with Crippen LogP contribution in [0, 0.1) is 0 Å². The molecule has 0 aromatic carbocycles. The second-order valence-corrected chi connectivity index (χ2v) is 6.05. The van der Waals surface area contributed by atoms with E-state index >= 15 is 0 Å². The summed E-state index contributed by atoms with van der Waals surface area (Å²) in [6.07, 6.45) is 11.9. The molecule has 0 aromatic heterocycles. The van der Waals surface area contributed by atoms with Gasteiger partial charge in [0.15, 0.2) is 0 Å². The van der Waals surface area contributed by atoms with Gasteiger partial charge in [0.25, 0.3) is 0 Å². The first-order valence-corrected chi connectivity index (χ1v) is 7.82. The summed E-state index contributed by atoms with van der Waals surface area (Å²) < 4.78 is 0. The number of fused-ring (bicyclic) bond motifs is 1. The van der Waals surface area contributed by atoms with Crippen molar-refractivity contribution in [3.05, 3.63) is 22.3 Å². The minimum Gasteiger partial charge on any atom is -0.285 e. The molecule has 0 atom stereocenters. The van der Waals surface area contributed by atoms with Crippen molar-refractivity contribution in [3.63, 3.8) is 0 Å². The topological polar surface area (TPSA) is 34.1 Å². The van der Waals surface area contributed by atoms with Gasteiger partial charge in [0.05, 0.1) is 0 Å². The highest BCUT2D eigenvalue weighted by atomic mass is 16.2. The zero-order valence-corrected chi connectivity index (χ0v) is 11.6. The molecule has 2 nitrogen and oxygen atoms in total. The lowest BCUT2D eigenvalue weighted by atomic mass is 9.77. The molecular weight excluding hydrogens is 236 g/mol. The summed E-state index contributed by atoms with van der Waals surface area (Å²) in [5, 5.41) is 0. The third-order valence-electron chi connectivity index (χ3n) is 4.80. The summed E-state index contributed by atoms with van der Waals surface area (Å²) in [4.78, 5) is 24.7. The summed E-state index contributed by atoms with van der Waals surface area (Å²) in [5.41, 5.74) is 4.31. The molecule has 0 saturated heterocycles. The van der Waals surface area contributed by atoms with Crippen molar-refractivity contribution >= 4 is 11.6 Å². The number of carbonyl (C=O) groups excluding carboxylic acids is 2. The predicted molar refractivity (Wildman–Crippen MR) is 74.9 cm³/mol. The molecule has 3 aliphatic rings. The smallest absolute Gasteiger partial charge is 0.229 e. The van der Waals surface area contributed by atoms with E-state index in [0.717, 1.165) is 49.7 Å². The van der Waals surface area contributed by atoms with Gasteiger partial charge in [-0.05, 0) is 62.5 Å². The van der Waals surface area contributed by atoms with Crippen molar-refractivity contribution < 1.29 is 9.59 Å². The highest BCUT2D eigenvalue weighted by Crippen LogP contribution is 2.39. The fourth-order valence-electron chi connectivity index (χ4n) is 3.78. The summed E-state index contributed by atoms with van der Waals surface area (Å²) in [6.45, 7) is 0. The maximum absolute atomic E-state index is 12.4. The van der Waals surface area contributed by atoms with Crippen LogP contribution in [-0.2, 0) is 9.59 Å². The normalized spacial score (nSPS) is 25.5. The van der Waals surface area contributed by atoms with E-state index in [0.29, 0.717) is 0 Å². The summed E-state index contributed by atoms with van der Waals surface area (Å²) >= 11 is 0. The fraction of sp³-hybridized carbons (Fsp3) is 0.647. The van der Waals surface area contributed by atoms with Crippen molar-refractivity contribution in [2.75, 3.05) is 0 Å². The maximum Gasteiger partial charge on any atom is 0.229 e. The van der Waals surface area contributed by atoms with Crippen LogP contribution in [0.4, 0.5) is 0 Å². The second-order valence-electron chi connectivity index (χ2n) is 6.05. The van der Waals surface area contributed by atoms with Gasteiger partial charge in [-0.2, -0.15) is 0 Å². The van der Waals surface area contributed by atoms with E-state index in [1.54, 1.807) is 0 Å². The van der Waals surface area contributed by atoms with Crippen LogP contribution in [0.25, 0.3) is 0 Å². The zero-order chi connectivity index (χ0) is 13.2. The lowest BCUT2D eigenvalue weighted by Gasteiger charge is -2.25. The van der Waals surface area contributed by atoms with Gasteiger partial charge in [-0.25, -0.2) is 0 Å². The molecule has 0 fully saturated rings. The van der Waals surface area contributed by atoms with Crippen LogP contribution in [0.1, 0.15) is 70.6 Å². The van der Waals surface area contributed by atoms with Gasteiger partial charge < -0.3 is 0 Å². The SMILES string of the molecule is O=C1C(=O)C2=C(CCCCC2)C2=C1CCCCCC2. The Morgan fingerprint density at radius 1 is 0.421 bits per heavy atom. The number of ketones is 2. The molecule has 0 radical (unpaired) electrons. The van der Waals surface area contributed by atoms with E-state index in [-0.39, 0.29) is 11.6 Å². The molecule has 19 heavy (non-hydrogen) atoms. The van der Waals surface area contributed by atoms with Crippen LogP contribution in [0.5, 0.6) is 0 Å². The number of allylic oxidation sites excluding steroid dienone is 4. The number of carbonyl (C=O) groups is 2. The first-order valence-electron chi connectivity index (χ1n) is 7.82. The van der Waals surface area contributed by atoms with E-state index in [4.69, 9.17) is 0 Å². The van der Waals surface area contributed by atoms with E-state index < -0.39 is 0 Å². The first kappa shape index (κ1) is 12.8. The molecule has 0 saturated carbocycles. The number of hydrogen-bond donors (Lipinski definition) is 0. The molecule has 0 unspecified atom stereocenters. The van der Waals surface area contributed by atoms with Crippen LogP contribution < -0.4 is 0 Å². The maximum atomic E-state index is 12.4. The number of Topliss-reactive ketones (excluding diaryl/α,β-unsaturated/α-hetero) is 2. The van der Waals surface area contributed by atoms with Crippen molar-refractivity contribution in [2.24, 2.45) is 0 Å². The molecule has 3 rings (SSSR count). The van der Waals surface area contributed by atoms with Crippen molar-refractivity contribution in [1.29, 1.82) is 0 Å². The molecule has 102 valence electrons. The lowest BCUT2D eigenvalue weighted by molar-refractivity contribution is -0.132. The van der Waals surface area contributed by atoms with Gasteiger partial charge in [-0.3, -0.25) is 9.59 Å². The molecule has 0 aliphatic heterocycles. The summed E-state index contributed by atoms with van der Waals surface area (Å²) in [6, 6.07) is 0. The standard InChI is InChI=1S/C17H22O2/c18-16-14-10-5-2-1-4-8-12(14)13-9-6-3-7-11-15(13)17(16)19/h1-11H2. The minimum absolute atomic E-state index is 0.169. The Morgan fingerprint density at radius 2 is 0.737 bits per heavy atom. The Kier molecular flexibility index (Phi) is 3.67. The van der Waals surface area contributed by atoms with E-state index in [9.17, 15) is 9.59 Å². The number of rotatable bonds is 0. The summed E-state index contributed by atoms with van der Waals surface area (Å²) in [7, 11) is 0. The van der Waals surface area contributed by atoms with Crippen LogP contribution >= 0.6 is 0 Å². The average molecular weight is 258 g/mol. The molecule has 0 bridgehead atoms. The molecule has 0 aromatic rings. The van der Waals surface area contributed by atoms with Crippen LogP contribution in [-0.4, -0.2) is 11.6 Å². The van der Waals surface area contributed by atoms with Gasteiger partial charge in [0, 0.05) is 11.1 Å². The highest BCUT2D eigenvalue weighted by Gasteiger charge is 2.34. The quantitative estimate of drug-likeness (QED) is 0.485. The van der Waals surface area contributed by atoms with Crippen LogP contribution in [0.15, 0.2) is 22.3 Å². The average Bonchev–Trinajstić information content (AvgIpc) is 2.62. The Hall–Kier alpha value is -1.18. The fourth-order valence-corrected chi connectivity index (χ4v) is 3.78. The van der Waals surface area contributed by atoms with Crippen LogP contribution in [0.2, 0.25) is 0 Å². The largest absolute Gasteiger partial charge is 0.285 e. The van der Waals surface area contributed by atoms with Gasteiger partial charge in [0.1, 0.15) is 0 Å². The molecule has 0 N–H and O–H groups in total. The lowest BCUT2D eigenvalue weighted by Crippen LogP contribution is -2.26. The summed E-state index contributed by atoms with van der Waals surface area (Å²) in [5.74, 6) is -0.339. The molecule has 0 spiro atoms. The van der Waals surface area contributed by atoms with Crippen LogP contribution in [0.3, 0.4) is 0 Å². The van der Waals surface area contributed by atoms with Gasteiger partial charge in [-0.1, -0.05) is 19.3 Å². The molecular formula is C17H22O2. The third-order valence-corrected chi connectivity index (χ3v) is 4.80. The van der Waals surface area contributed by atoms with Gasteiger partial charge >= 0.3 is 0 Å². The van der Waals surface area contributed by atoms with Crippen molar-refractivity contribution in [2.45, 2.75) is 70.6 Å². The monoisotopic (exact) mass is 258 g/mol. The first-order chi connectivity index (χ1) is 9.29. The molecule has 2 heteroatoms. The Bertz CT molecular complexity index is 479. The zero-order valence-electron chi connectivity index (χ0n) is 11.6. The second kappa shape index (κ2) is 5.44. The van der Waals surface area contributed by atoms with E-state index in [2.05, 4.69) is 0 Å². The Labute approximate surface area is 115 Å². The van der Waals surface area contributed by atoms with Crippen molar-refractivity contribution in [1.82, 2.24) is 0 Å². The third kappa shape index (κ3) is 2.33. The molecule has 3 aliphatic carbocycles. The number of hydrogen-bond acceptors (Lipinski definition) is 2. The highest BCUT2D eigenvalue weighted by molar-refractivity contribution is 6.50. The molecule has 0 heterocycles. The minimum atomic E-state index is -0.170. The predicted octanol–water partition coefficient (Wildman–Crippen LogP) is 4.05. The Balaban J connectivity index is 2.07. The van der Waals surface area contributed by atoms with E-state index in [1.807, 2.05) is 0 Å². The van der Waals surface area contributed by atoms with Crippen molar-refractivity contribution in [3.8, 4) is 0 Å².